The zero-order valence-corrected chi connectivity index (χ0v) is 6.31. The lowest BCUT2D eigenvalue weighted by atomic mass is 10.3. The van der Waals surface area contributed by atoms with Gasteiger partial charge in [-0.3, -0.25) is 9.42 Å². The van der Waals surface area contributed by atoms with Crippen molar-refractivity contribution in [3.63, 3.8) is 0 Å². The number of ether oxygens (including phenoxy) is 1. The Morgan fingerprint density at radius 2 is 2.58 bits per heavy atom. The van der Waals surface area contributed by atoms with Crippen LogP contribution in [-0.2, 0) is 11.3 Å². The van der Waals surface area contributed by atoms with Crippen molar-refractivity contribution in [3.05, 3.63) is 16.6 Å². The lowest BCUT2D eigenvalue weighted by Crippen LogP contribution is -2.35. The van der Waals surface area contributed by atoms with Crippen LogP contribution < -0.4 is 10.6 Å². The van der Waals surface area contributed by atoms with Crippen LogP contribution in [0.4, 0.5) is 0 Å². The van der Waals surface area contributed by atoms with Crippen LogP contribution in [0, 0.1) is 5.21 Å². The highest BCUT2D eigenvalue weighted by molar-refractivity contribution is 5.90. The molecule has 0 spiro atoms. The predicted molar refractivity (Wildman–Crippen MR) is 34.7 cm³/mol. The summed E-state index contributed by atoms with van der Waals surface area (Å²) < 4.78 is 8.79. The fourth-order valence-corrected chi connectivity index (χ4v) is 0.739. The first kappa shape index (κ1) is 8.47. The fraction of sp³-hybridized carbons (Fsp3) is 0.400. The molecule has 1 rings (SSSR count). The van der Waals surface area contributed by atoms with Gasteiger partial charge in [-0.2, -0.15) is 0 Å². The topological polar surface area (TPSA) is 105 Å². The average Bonchev–Trinajstić information content (AvgIpc) is 2.32. The summed E-state index contributed by atoms with van der Waals surface area (Å²) in [6.07, 6.45) is 0. The molecule has 0 bridgehead atoms. The lowest BCUT2D eigenvalue weighted by Gasteiger charge is -1.91. The normalized spacial score (nSPS) is 10.1. The third-order valence-corrected chi connectivity index (χ3v) is 1.20. The summed E-state index contributed by atoms with van der Waals surface area (Å²) in [5, 5.41) is 14.0. The summed E-state index contributed by atoms with van der Waals surface area (Å²) in [6.45, 7) is 0.0109. The number of hydrogen-bond acceptors (Lipinski definition) is 5. The minimum atomic E-state index is -0.890. The molecule has 1 aromatic heterocycles. The number of carbonyl (C=O) groups excluding carboxylic acids is 1. The number of hydrogen-bond donors (Lipinski definition) is 1. The molecule has 0 aliphatic carbocycles. The zero-order chi connectivity index (χ0) is 9.14. The van der Waals surface area contributed by atoms with Crippen LogP contribution in [0.3, 0.4) is 0 Å². The van der Waals surface area contributed by atoms with E-state index in [0.29, 0.717) is 0 Å². The van der Waals surface area contributed by atoms with Crippen molar-refractivity contribution in [1.82, 2.24) is 5.16 Å². The number of carbonyl (C=O) groups is 1. The first-order valence-corrected chi connectivity index (χ1v) is 3.04. The molecule has 1 amide bonds. The molecule has 2 N–H and O–H groups in total. The molecule has 0 saturated carbocycles. The highest BCUT2D eigenvalue weighted by atomic mass is 16.8. The molecule has 0 radical (unpaired) electrons. The van der Waals surface area contributed by atoms with Crippen molar-refractivity contribution in [2.45, 2.75) is 6.61 Å². The number of methoxy groups -OCH3 is 1. The third-order valence-electron chi connectivity index (χ3n) is 1.20. The number of aromatic nitrogens is 2. The Kier molecular flexibility index (Phi) is 2.24. The summed E-state index contributed by atoms with van der Waals surface area (Å²) in [6, 6.07) is 0. The van der Waals surface area contributed by atoms with Gasteiger partial charge in [0.05, 0.1) is 0 Å². The van der Waals surface area contributed by atoms with Crippen LogP contribution in [0.5, 0.6) is 0 Å². The van der Waals surface area contributed by atoms with Crippen molar-refractivity contribution in [2.24, 2.45) is 5.73 Å². The van der Waals surface area contributed by atoms with E-state index in [0.717, 1.165) is 0 Å². The van der Waals surface area contributed by atoms with E-state index in [-0.39, 0.29) is 22.9 Å². The lowest BCUT2D eigenvalue weighted by molar-refractivity contribution is -0.803. The molecular formula is C5H7N3O4. The highest BCUT2D eigenvalue weighted by Gasteiger charge is 2.23. The molecule has 66 valence electrons. The van der Waals surface area contributed by atoms with E-state index in [4.69, 9.17) is 5.73 Å². The van der Waals surface area contributed by atoms with Gasteiger partial charge >= 0.3 is 0 Å². The van der Waals surface area contributed by atoms with E-state index < -0.39 is 5.91 Å². The summed E-state index contributed by atoms with van der Waals surface area (Å²) >= 11 is 0. The second-order valence-electron chi connectivity index (χ2n) is 2.02. The van der Waals surface area contributed by atoms with Gasteiger partial charge in [0.1, 0.15) is 6.61 Å². The van der Waals surface area contributed by atoms with Gasteiger partial charge in [-0.1, -0.05) is 0 Å². The molecule has 0 fully saturated rings. The number of amides is 1. The summed E-state index contributed by atoms with van der Waals surface area (Å²) in [4.78, 5) is 10.6. The Balaban J connectivity index is 3.04. The van der Waals surface area contributed by atoms with Gasteiger partial charge in [0, 0.05) is 12.3 Å². The number of nitrogens with zero attached hydrogens (tertiary/aromatic N) is 2. The van der Waals surface area contributed by atoms with Crippen LogP contribution in [-0.4, -0.2) is 18.2 Å². The molecule has 0 saturated heterocycles. The van der Waals surface area contributed by atoms with Crippen molar-refractivity contribution in [3.8, 4) is 0 Å². The molecule has 0 atom stereocenters. The molecule has 0 aliphatic heterocycles. The minimum Gasteiger partial charge on any atom is -0.376 e. The number of rotatable bonds is 3. The van der Waals surface area contributed by atoms with E-state index >= 15 is 0 Å². The molecule has 7 heteroatoms. The highest BCUT2D eigenvalue weighted by Crippen LogP contribution is 2.00. The maximum atomic E-state index is 10.7. The number of primary amides is 1. The van der Waals surface area contributed by atoms with Crippen LogP contribution in [0.15, 0.2) is 4.63 Å². The first-order valence-electron chi connectivity index (χ1n) is 3.04. The van der Waals surface area contributed by atoms with E-state index in [1.165, 1.54) is 7.11 Å². The van der Waals surface area contributed by atoms with Crippen LogP contribution >= 0.6 is 0 Å². The summed E-state index contributed by atoms with van der Waals surface area (Å²) in [5.41, 5.74) is 4.65. The zero-order valence-electron chi connectivity index (χ0n) is 6.31. The van der Waals surface area contributed by atoms with Gasteiger partial charge in [0.25, 0.3) is 17.3 Å². The maximum absolute atomic E-state index is 10.7. The standard InChI is InChI=1S/C5H7N3O4/c1-11-2-3-4(5(6)9)8(10)12-7-3/h2H2,1H3,(H2,6,9). The molecule has 0 aromatic carbocycles. The van der Waals surface area contributed by atoms with E-state index in [9.17, 15) is 10.0 Å². The maximum Gasteiger partial charge on any atom is 0.297 e. The first-order chi connectivity index (χ1) is 5.66. The summed E-state index contributed by atoms with van der Waals surface area (Å²) in [5.74, 6) is -0.890. The van der Waals surface area contributed by atoms with Gasteiger partial charge < -0.3 is 15.7 Å². The Labute approximate surface area is 67.2 Å². The fourth-order valence-electron chi connectivity index (χ4n) is 0.739. The Morgan fingerprint density at radius 3 is 3.08 bits per heavy atom. The van der Waals surface area contributed by atoms with Crippen molar-refractivity contribution < 1.29 is 19.1 Å². The largest absolute Gasteiger partial charge is 0.376 e. The van der Waals surface area contributed by atoms with E-state index in [1.807, 2.05) is 0 Å². The minimum absolute atomic E-state index is 0.0109. The van der Waals surface area contributed by atoms with Gasteiger partial charge in [-0.25, -0.2) is 0 Å². The Morgan fingerprint density at radius 1 is 1.92 bits per heavy atom. The van der Waals surface area contributed by atoms with Crippen molar-refractivity contribution in [2.75, 3.05) is 7.11 Å². The second kappa shape index (κ2) is 3.18. The predicted octanol–water partition coefficient (Wildman–Crippen LogP) is -1.45. The van der Waals surface area contributed by atoms with E-state index in [1.54, 1.807) is 0 Å². The number of nitrogens with two attached hydrogens (primary N) is 1. The molecule has 0 aliphatic rings. The Bertz CT molecular complexity index is 295. The molecule has 7 nitrogen and oxygen atoms in total. The Hall–Kier alpha value is -1.63. The van der Waals surface area contributed by atoms with Gasteiger partial charge in [0.2, 0.25) is 0 Å². The van der Waals surface area contributed by atoms with Crippen LogP contribution in [0.2, 0.25) is 0 Å². The molecule has 0 unspecified atom stereocenters. The third kappa shape index (κ3) is 1.35. The molecule has 12 heavy (non-hydrogen) atoms. The van der Waals surface area contributed by atoms with Crippen molar-refractivity contribution >= 4 is 5.91 Å². The summed E-state index contributed by atoms with van der Waals surface area (Å²) in [7, 11) is 1.40. The monoisotopic (exact) mass is 173 g/mol. The van der Waals surface area contributed by atoms with Crippen molar-refractivity contribution in [1.29, 1.82) is 0 Å². The van der Waals surface area contributed by atoms with Crippen LogP contribution in [0.1, 0.15) is 16.2 Å². The van der Waals surface area contributed by atoms with Gasteiger partial charge in [0.15, 0.2) is 0 Å². The van der Waals surface area contributed by atoms with Gasteiger partial charge in [-0.15, -0.1) is 0 Å². The molecular weight excluding hydrogens is 166 g/mol. The van der Waals surface area contributed by atoms with E-state index in [2.05, 4.69) is 14.5 Å². The molecule has 1 aromatic rings. The quantitative estimate of drug-likeness (QED) is 0.563. The smallest absolute Gasteiger partial charge is 0.297 e. The SMILES string of the molecule is COCc1no[n+]([O-])c1C(N)=O. The average molecular weight is 173 g/mol. The second-order valence-corrected chi connectivity index (χ2v) is 2.02. The van der Waals surface area contributed by atoms with Gasteiger partial charge in [-0.05, 0) is 4.90 Å². The van der Waals surface area contributed by atoms with Crippen LogP contribution in [0.25, 0.3) is 0 Å². The molecule has 1 heterocycles.